The van der Waals surface area contributed by atoms with Gasteiger partial charge in [-0.2, -0.15) is 0 Å². The van der Waals surface area contributed by atoms with Crippen LogP contribution in [0.1, 0.15) is 56.5 Å². The maximum absolute atomic E-state index is 5.17. The predicted molar refractivity (Wildman–Crippen MR) is 76.2 cm³/mol. The van der Waals surface area contributed by atoms with Crippen molar-refractivity contribution >= 4 is 5.69 Å². The Balaban J connectivity index is 2.29. The summed E-state index contributed by atoms with van der Waals surface area (Å²) in [6.07, 6.45) is 1.36. The number of hydrogen-bond donors (Lipinski definition) is 1. The van der Waals surface area contributed by atoms with Gasteiger partial charge >= 0.3 is 0 Å². The SMILES string of the molecule is CC(C)c1cccc(C(C)C)c1NCc1nnco1. The third-order valence-corrected chi connectivity index (χ3v) is 3.19. The predicted octanol–water partition coefficient (Wildman–Crippen LogP) is 3.93. The largest absolute Gasteiger partial charge is 0.426 e. The zero-order chi connectivity index (χ0) is 13.8. The van der Waals surface area contributed by atoms with Crippen molar-refractivity contribution in [1.82, 2.24) is 10.2 Å². The van der Waals surface area contributed by atoms with Crippen LogP contribution in [0.25, 0.3) is 0 Å². The smallest absolute Gasteiger partial charge is 0.235 e. The number of hydrogen-bond acceptors (Lipinski definition) is 4. The fourth-order valence-corrected chi connectivity index (χ4v) is 2.19. The Labute approximate surface area is 114 Å². The third kappa shape index (κ3) is 3.13. The van der Waals surface area contributed by atoms with Gasteiger partial charge in [-0.25, -0.2) is 0 Å². The van der Waals surface area contributed by atoms with E-state index in [1.165, 1.54) is 23.2 Å². The minimum atomic E-state index is 0.476. The zero-order valence-corrected chi connectivity index (χ0v) is 12.0. The molecule has 4 heteroatoms. The fraction of sp³-hybridized carbons (Fsp3) is 0.467. The standard InChI is InChI=1S/C15H21N3O/c1-10(2)12-6-5-7-13(11(3)4)15(12)16-8-14-18-17-9-19-14/h5-7,9-11,16H,8H2,1-4H3. The van der Waals surface area contributed by atoms with Gasteiger partial charge in [-0.3, -0.25) is 0 Å². The van der Waals surface area contributed by atoms with Crippen LogP contribution in [-0.4, -0.2) is 10.2 Å². The van der Waals surface area contributed by atoms with Gasteiger partial charge in [0.05, 0.1) is 6.54 Å². The van der Waals surface area contributed by atoms with E-state index in [-0.39, 0.29) is 0 Å². The number of aromatic nitrogens is 2. The minimum Gasteiger partial charge on any atom is -0.426 e. The summed E-state index contributed by atoms with van der Waals surface area (Å²) in [7, 11) is 0. The molecule has 0 spiro atoms. The molecule has 0 unspecified atom stereocenters. The normalized spacial score (nSPS) is 11.3. The number of anilines is 1. The molecular weight excluding hydrogens is 238 g/mol. The van der Waals surface area contributed by atoms with Crippen molar-refractivity contribution in [2.24, 2.45) is 0 Å². The summed E-state index contributed by atoms with van der Waals surface area (Å²) in [6, 6.07) is 6.47. The summed E-state index contributed by atoms with van der Waals surface area (Å²) in [5, 5.41) is 11.0. The van der Waals surface area contributed by atoms with Crippen molar-refractivity contribution in [3.8, 4) is 0 Å². The van der Waals surface area contributed by atoms with E-state index < -0.39 is 0 Å². The van der Waals surface area contributed by atoms with Crippen LogP contribution in [0.2, 0.25) is 0 Å². The molecule has 1 heterocycles. The fourth-order valence-electron chi connectivity index (χ4n) is 2.19. The highest BCUT2D eigenvalue weighted by Gasteiger charge is 2.13. The molecule has 2 aromatic rings. The van der Waals surface area contributed by atoms with Crippen molar-refractivity contribution < 1.29 is 4.42 Å². The number of nitrogens with zero attached hydrogens (tertiary/aromatic N) is 2. The second-order valence-electron chi connectivity index (χ2n) is 5.31. The molecule has 0 aliphatic heterocycles. The molecule has 0 radical (unpaired) electrons. The van der Waals surface area contributed by atoms with Crippen molar-refractivity contribution in [3.63, 3.8) is 0 Å². The molecular formula is C15H21N3O. The quantitative estimate of drug-likeness (QED) is 0.884. The molecule has 1 N–H and O–H groups in total. The molecule has 0 fully saturated rings. The average molecular weight is 259 g/mol. The van der Waals surface area contributed by atoms with Crippen LogP contribution in [0.15, 0.2) is 29.0 Å². The van der Waals surface area contributed by atoms with Crippen molar-refractivity contribution in [2.45, 2.75) is 46.1 Å². The van der Waals surface area contributed by atoms with Gasteiger partial charge in [0, 0.05) is 5.69 Å². The lowest BCUT2D eigenvalue weighted by atomic mass is 9.92. The van der Waals surface area contributed by atoms with Gasteiger partial charge in [-0.1, -0.05) is 45.9 Å². The number of benzene rings is 1. The van der Waals surface area contributed by atoms with E-state index in [2.05, 4.69) is 61.4 Å². The number of para-hydroxylation sites is 1. The molecule has 2 rings (SSSR count). The summed E-state index contributed by atoms with van der Waals surface area (Å²) in [5.74, 6) is 1.56. The Bertz CT molecular complexity index is 492. The monoisotopic (exact) mass is 259 g/mol. The Morgan fingerprint density at radius 1 is 1.11 bits per heavy atom. The second kappa shape index (κ2) is 5.87. The van der Waals surface area contributed by atoms with E-state index in [1.54, 1.807) is 0 Å². The minimum absolute atomic E-state index is 0.476. The highest BCUT2D eigenvalue weighted by Crippen LogP contribution is 2.32. The molecule has 102 valence electrons. The van der Waals surface area contributed by atoms with Crippen molar-refractivity contribution in [1.29, 1.82) is 0 Å². The van der Waals surface area contributed by atoms with Crippen LogP contribution < -0.4 is 5.32 Å². The lowest BCUT2D eigenvalue weighted by Gasteiger charge is -2.20. The molecule has 0 atom stereocenters. The first-order valence-electron chi connectivity index (χ1n) is 6.71. The lowest BCUT2D eigenvalue weighted by Crippen LogP contribution is -2.08. The lowest BCUT2D eigenvalue weighted by molar-refractivity contribution is 0.501. The molecule has 0 amide bonds. The van der Waals surface area contributed by atoms with Crippen LogP contribution >= 0.6 is 0 Å². The first-order chi connectivity index (χ1) is 9.09. The number of rotatable bonds is 5. The molecule has 0 saturated carbocycles. The van der Waals surface area contributed by atoms with Gasteiger partial charge in [0.2, 0.25) is 12.3 Å². The summed E-state index contributed by atoms with van der Waals surface area (Å²) < 4.78 is 5.17. The third-order valence-electron chi connectivity index (χ3n) is 3.19. The highest BCUT2D eigenvalue weighted by atomic mass is 16.4. The van der Waals surface area contributed by atoms with E-state index >= 15 is 0 Å². The van der Waals surface area contributed by atoms with Crippen molar-refractivity contribution in [2.75, 3.05) is 5.32 Å². The molecule has 0 saturated heterocycles. The van der Waals surface area contributed by atoms with E-state index in [9.17, 15) is 0 Å². The maximum atomic E-state index is 5.17. The van der Waals surface area contributed by atoms with Crippen LogP contribution in [0.3, 0.4) is 0 Å². The van der Waals surface area contributed by atoms with E-state index in [0.717, 1.165) is 0 Å². The average Bonchev–Trinajstić information content (AvgIpc) is 2.88. The van der Waals surface area contributed by atoms with Crippen LogP contribution in [0.4, 0.5) is 5.69 Å². The Kier molecular flexibility index (Phi) is 4.20. The Morgan fingerprint density at radius 2 is 1.74 bits per heavy atom. The molecule has 1 aromatic heterocycles. The molecule has 0 aliphatic rings. The highest BCUT2D eigenvalue weighted by molar-refractivity contribution is 5.60. The van der Waals surface area contributed by atoms with E-state index in [0.29, 0.717) is 24.3 Å². The molecule has 1 aromatic carbocycles. The van der Waals surface area contributed by atoms with Gasteiger partial charge in [0.25, 0.3) is 0 Å². The number of nitrogens with one attached hydrogen (secondary N) is 1. The van der Waals surface area contributed by atoms with Crippen LogP contribution in [0.5, 0.6) is 0 Å². The molecule has 19 heavy (non-hydrogen) atoms. The zero-order valence-electron chi connectivity index (χ0n) is 12.0. The van der Waals surface area contributed by atoms with Gasteiger partial charge in [0.1, 0.15) is 0 Å². The van der Waals surface area contributed by atoms with E-state index in [1.807, 2.05) is 0 Å². The molecule has 0 bridgehead atoms. The van der Waals surface area contributed by atoms with E-state index in [4.69, 9.17) is 4.42 Å². The summed E-state index contributed by atoms with van der Waals surface area (Å²) in [4.78, 5) is 0. The summed E-state index contributed by atoms with van der Waals surface area (Å²) in [6.45, 7) is 9.38. The molecule has 0 aliphatic carbocycles. The van der Waals surface area contributed by atoms with Crippen LogP contribution in [-0.2, 0) is 6.54 Å². The van der Waals surface area contributed by atoms with Gasteiger partial charge in [-0.05, 0) is 23.0 Å². The Hall–Kier alpha value is -1.84. The van der Waals surface area contributed by atoms with Gasteiger partial charge in [0.15, 0.2) is 0 Å². The van der Waals surface area contributed by atoms with Gasteiger partial charge in [-0.15, -0.1) is 10.2 Å². The van der Waals surface area contributed by atoms with Gasteiger partial charge < -0.3 is 9.73 Å². The molecule has 4 nitrogen and oxygen atoms in total. The summed E-state index contributed by atoms with van der Waals surface area (Å²) in [5.41, 5.74) is 3.85. The maximum Gasteiger partial charge on any atom is 0.235 e. The topological polar surface area (TPSA) is 51.0 Å². The first-order valence-corrected chi connectivity index (χ1v) is 6.71. The summed E-state index contributed by atoms with van der Waals surface area (Å²) >= 11 is 0. The van der Waals surface area contributed by atoms with Crippen molar-refractivity contribution in [3.05, 3.63) is 41.6 Å². The first kappa shape index (κ1) is 13.6. The second-order valence-corrected chi connectivity index (χ2v) is 5.31. The van der Waals surface area contributed by atoms with Crippen LogP contribution in [0, 0.1) is 0 Å². The Morgan fingerprint density at radius 3 is 2.21 bits per heavy atom.